The van der Waals surface area contributed by atoms with E-state index in [9.17, 15) is 9.59 Å². The molecule has 41 heavy (non-hydrogen) atoms. The fraction of sp³-hybridized carbons (Fsp3) is 0.862. The zero-order chi connectivity index (χ0) is 30.2. The van der Waals surface area contributed by atoms with Gasteiger partial charge in [-0.3, -0.25) is 0 Å². The molecular formula is C29H62N8O4. The molecule has 0 heterocycles. The van der Waals surface area contributed by atoms with Gasteiger partial charge in [0.1, 0.15) is 6.10 Å². The highest BCUT2D eigenvalue weighted by molar-refractivity contribution is 5.68. The van der Waals surface area contributed by atoms with Gasteiger partial charge in [-0.25, -0.2) is 9.59 Å². The number of amides is 2. The van der Waals surface area contributed by atoms with E-state index in [4.69, 9.17) is 20.9 Å². The summed E-state index contributed by atoms with van der Waals surface area (Å²) in [6.07, 6.45) is 10.4. The number of rotatable bonds is 29. The summed E-state index contributed by atoms with van der Waals surface area (Å²) in [6, 6.07) is 0. The lowest BCUT2D eigenvalue weighted by Crippen LogP contribution is -2.35. The van der Waals surface area contributed by atoms with Gasteiger partial charge in [0.25, 0.3) is 0 Å². The van der Waals surface area contributed by atoms with Gasteiger partial charge in [0, 0.05) is 19.0 Å². The lowest BCUT2D eigenvalue weighted by molar-refractivity contribution is 0.0608. The van der Waals surface area contributed by atoms with E-state index in [0.717, 1.165) is 117 Å². The number of alkyl carbamates (subject to hydrolysis) is 2. The zero-order valence-corrected chi connectivity index (χ0v) is 25.9. The molecule has 0 spiro atoms. The van der Waals surface area contributed by atoms with Crippen LogP contribution < -0.4 is 43.4 Å². The first-order valence-corrected chi connectivity index (χ1v) is 15.8. The minimum absolute atomic E-state index is 0.151. The molecule has 12 heteroatoms. The summed E-state index contributed by atoms with van der Waals surface area (Å²) in [5.41, 5.74) is 10.9. The molecule has 0 aliphatic heterocycles. The number of unbranched alkanes of at least 4 members (excludes halogenated alkanes) is 2. The van der Waals surface area contributed by atoms with Crippen molar-refractivity contribution in [3.63, 3.8) is 0 Å². The molecule has 10 N–H and O–H groups in total. The van der Waals surface area contributed by atoms with Crippen molar-refractivity contribution < 1.29 is 19.1 Å². The van der Waals surface area contributed by atoms with E-state index in [1.165, 1.54) is 0 Å². The van der Waals surface area contributed by atoms with Crippen LogP contribution in [0.5, 0.6) is 0 Å². The molecule has 0 unspecified atom stereocenters. The minimum Gasteiger partial charge on any atom is -0.449 e. The van der Waals surface area contributed by atoms with Gasteiger partial charge in [-0.2, -0.15) is 0 Å². The van der Waals surface area contributed by atoms with E-state index in [-0.39, 0.29) is 12.5 Å². The number of hydrogen-bond donors (Lipinski definition) is 8. The number of carbonyl (C=O) groups excluding carboxylic acids is 2. The predicted molar refractivity (Wildman–Crippen MR) is 168 cm³/mol. The lowest BCUT2D eigenvalue weighted by Gasteiger charge is -2.21. The van der Waals surface area contributed by atoms with Gasteiger partial charge in [-0.1, -0.05) is 13.0 Å². The second-order valence-corrected chi connectivity index (χ2v) is 10.2. The molecule has 0 aromatic rings. The largest absolute Gasteiger partial charge is 0.449 e. The lowest BCUT2D eigenvalue weighted by atomic mass is 10.1. The Morgan fingerprint density at radius 3 is 1.49 bits per heavy atom. The van der Waals surface area contributed by atoms with Crippen LogP contribution in [0.25, 0.3) is 0 Å². The van der Waals surface area contributed by atoms with Crippen molar-refractivity contribution in [2.45, 2.75) is 71.3 Å². The molecule has 0 aliphatic carbocycles. The van der Waals surface area contributed by atoms with Crippen LogP contribution in [-0.2, 0) is 9.47 Å². The van der Waals surface area contributed by atoms with Gasteiger partial charge in [-0.15, -0.1) is 0 Å². The number of nitrogens with one attached hydrogen (secondary N) is 6. The molecule has 2 amide bonds. The molecule has 0 aliphatic rings. The summed E-state index contributed by atoms with van der Waals surface area (Å²) in [5, 5.41) is 19.1. The van der Waals surface area contributed by atoms with Crippen LogP contribution in [0.15, 0.2) is 12.2 Å². The average Bonchev–Trinajstić information content (AvgIpc) is 2.96. The maximum Gasteiger partial charge on any atom is 0.407 e. The van der Waals surface area contributed by atoms with Gasteiger partial charge in [-0.05, 0) is 130 Å². The highest BCUT2D eigenvalue weighted by Crippen LogP contribution is 2.11. The van der Waals surface area contributed by atoms with Gasteiger partial charge < -0.3 is 52.8 Å². The summed E-state index contributed by atoms with van der Waals surface area (Å²) in [7, 11) is 0. The summed E-state index contributed by atoms with van der Waals surface area (Å²) >= 11 is 0. The highest BCUT2D eigenvalue weighted by Gasteiger charge is 2.20. The fourth-order valence-electron chi connectivity index (χ4n) is 3.81. The second kappa shape index (κ2) is 31.0. The Kier molecular flexibility index (Phi) is 29.5. The molecule has 0 saturated heterocycles. The van der Waals surface area contributed by atoms with E-state index in [1.807, 2.05) is 19.9 Å². The highest BCUT2D eigenvalue weighted by atomic mass is 16.6. The quantitative estimate of drug-likeness (QED) is 0.0472. The third-order valence-corrected chi connectivity index (χ3v) is 6.29. The van der Waals surface area contributed by atoms with Crippen molar-refractivity contribution in [2.75, 3.05) is 85.1 Å². The van der Waals surface area contributed by atoms with E-state index in [2.05, 4.69) is 31.9 Å². The maximum absolute atomic E-state index is 12.3. The zero-order valence-electron chi connectivity index (χ0n) is 25.9. The molecule has 0 aromatic heterocycles. The van der Waals surface area contributed by atoms with Crippen molar-refractivity contribution in [3.8, 4) is 0 Å². The summed E-state index contributed by atoms with van der Waals surface area (Å²) in [5.74, 6) is -0.180. The summed E-state index contributed by atoms with van der Waals surface area (Å²) in [4.78, 5) is 24.3. The molecule has 12 nitrogen and oxygen atoms in total. The maximum atomic E-state index is 12.3. The number of hydrogen-bond acceptors (Lipinski definition) is 10. The predicted octanol–water partition coefficient (Wildman–Crippen LogP) is 1.42. The van der Waals surface area contributed by atoms with Gasteiger partial charge in [0.05, 0.1) is 6.61 Å². The first kappa shape index (κ1) is 39.0. The van der Waals surface area contributed by atoms with Crippen LogP contribution >= 0.6 is 0 Å². The fourth-order valence-corrected chi connectivity index (χ4v) is 3.81. The van der Waals surface area contributed by atoms with Crippen LogP contribution in [0.3, 0.4) is 0 Å². The van der Waals surface area contributed by atoms with Crippen molar-refractivity contribution in [1.29, 1.82) is 0 Å². The van der Waals surface area contributed by atoms with Crippen molar-refractivity contribution in [2.24, 2.45) is 17.4 Å². The molecule has 0 aromatic carbocycles. The Labute approximate surface area is 249 Å². The Morgan fingerprint density at radius 1 is 0.634 bits per heavy atom. The van der Waals surface area contributed by atoms with Crippen molar-refractivity contribution >= 4 is 12.2 Å². The molecule has 0 bridgehead atoms. The average molecular weight is 587 g/mol. The summed E-state index contributed by atoms with van der Waals surface area (Å²) in [6.45, 7) is 14.0. The Bertz CT molecular complexity index is 628. The van der Waals surface area contributed by atoms with Gasteiger partial charge in [0.2, 0.25) is 0 Å². The van der Waals surface area contributed by atoms with Crippen molar-refractivity contribution in [3.05, 3.63) is 12.2 Å². The molecule has 0 radical (unpaired) electrons. The molecule has 2 atom stereocenters. The molecule has 0 saturated carbocycles. The minimum atomic E-state index is -0.482. The number of ether oxygens (including phenoxy) is 2. The number of nitrogens with two attached hydrogens (primary N) is 2. The van der Waals surface area contributed by atoms with Crippen LogP contribution in [0.1, 0.15) is 65.2 Å². The van der Waals surface area contributed by atoms with Gasteiger partial charge >= 0.3 is 12.2 Å². The van der Waals surface area contributed by atoms with Crippen LogP contribution in [-0.4, -0.2) is 103 Å². The first-order chi connectivity index (χ1) is 20.0. The second-order valence-electron chi connectivity index (χ2n) is 10.2. The Balaban J connectivity index is 3.80. The van der Waals surface area contributed by atoms with E-state index >= 15 is 0 Å². The first-order valence-electron chi connectivity index (χ1n) is 15.8. The van der Waals surface area contributed by atoms with Crippen LogP contribution in [0.4, 0.5) is 9.59 Å². The topological polar surface area (TPSA) is 177 Å². The van der Waals surface area contributed by atoms with Crippen molar-refractivity contribution in [1.82, 2.24) is 31.9 Å². The van der Waals surface area contributed by atoms with E-state index in [0.29, 0.717) is 13.1 Å². The monoisotopic (exact) mass is 586 g/mol. The molecule has 242 valence electrons. The summed E-state index contributed by atoms with van der Waals surface area (Å²) < 4.78 is 10.9. The smallest absolute Gasteiger partial charge is 0.407 e. The Hall–Kier alpha value is -1.96. The molecular weight excluding hydrogens is 524 g/mol. The standard InChI is InChI=1S/C29H62N8O4/c1-3-12-27(41-29(39)37-24-11-22-35-18-7-5-16-33-20-9-14-31)26(2)25-40-28(38)36-23-10-21-34-17-6-4-15-32-19-8-13-30/h3,12,26-27,32-35H,4-11,13-25,30-31H2,1-2H3,(H,36,38)(H,37,39)/b12-3+/t26-,27+/m0/s1. The normalized spacial score (nSPS) is 12.8. The van der Waals surface area contributed by atoms with Crippen LogP contribution in [0.2, 0.25) is 0 Å². The van der Waals surface area contributed by atoms with E-state index in [1.54, 1.807) is 6.08 Å². The SMILES string of the molecule is C/C=C/[C@@H](OC(=O)NCCCNCCCCNCCCN)[C@@H](C)COC(=O)NCCCNCCCCNCCCN. The third-order valence-electron chi connectivity index (χ3n) is 6.29. The van der Waals surface area contributed by atoms with Crippen LogP contribution in [0, 0.1) is 5.92 Å². The number of carbonyl (C=O) groups is 2. The Morgan fingerprint density at radius 2 is 1.05 bits per heavy atom. The van der Waals surface area contributed by atoms with Gasteiger partial charge in [0.15, 0.2) is 0 Å². The number of allylic oxidation sites excluding steroid dienone is 1. The van der Waals surface area contributed by atoms with E-state index < -0.39 is 18.3 Å². The molecule has 0 rings (SSSR count). The molecule has 0 fully saturated rings. The third kappa shape index (κ3) is 28.0.